The molecule has 3 unspecified atom stereocenters. The number of halogens is 2. The van der Waals surface area contributed by atoms with Gasteiger partial charge in [-0.15, -0.1) is 0 Å². The lowest BCUT2D eigenvalue weighted by molar-refractivity contribution is 0.0319. The molecule has 0 bridgehead atoms. The van der Waals surface area contributed by atoms with Gasteiger partial charge in [-0.1, -0.05) is 30.1 Å². The zero-order chi connectivity index (χ0) is 14.7. The van der Waals surface area contributed by atoms with Crippen LogP contribution in [0.4, 0.5) is 0 Å². The van der Waals surface area contributed by atoms with Crippen molar-refractivity contribution in [3.05, 3.63) is 27.7 Å². The SMILES string of the molecule is CCNC(c1cc(Cl)c(OC)cc1Cl)C1CCC(C)O1. The second-order valence-electron chi connectivity index (χ2n) is 5.11. The van der Waals surface area contributed by atoms with Crippen LogP contribution in [0.15, 0.2) is 12.1 Å². The summed E-state index contributed by atoms with van der Waals surface area (Å²) in [6, 6.07) is 3.70. The van der Waals surface area contributed by atoms with Crippen molar-refractivity contribution in [3.8, 4) is 5.75 Å². The quantitative estimate of drug-likeness (QED) is 0.882. The van der Waals surface area contributed by atoms with Crippen molar-refractivity contribution in [1.29, 1.82) is 0 Å². The first-order valence-electron chi connectivity index (χ1n) is 6.98. The summed E-state index contributed by atoms with van der Waals surface area (Å²) >= 11 is 12.6. The topological polar surface area (TPSA) is 30.5 Å². The lowest BCUT2D eigenvalue weighted by Gasteiger charge is -2.26. The van der Waals surface area contributed by atoms with Gasteiger partial charge in [0.15, 0.2) is 0 Å². The Labute approximate surface area is 130 Å². The molecule has 1 heterocycles. The molecule has 3 atom stereocenters. The number of rotatable bonds is 5. The van der Waals surface area contributed by atoms with Gasteiger partial charge in [0.1, 0.15) is 5.75 Å². The number of hydrogen-bond acceptors (Lipinski definition) is 3. The molecule has 1 aliphatic rings. The second-order valence-corrected chi connectivity index (χ2v) is 5.92. The van der Waals surface area contributed by atoms with Gasteiger partial charge in [-0.25, -0.2) is 0 Å². The van der Waals surface area contributed by atoms with E-state index in [4.69, 9.17) is 32.7 Å². The molecule has 0 radical (unpaired) electrons. The number of likely N-dealkylation sites (N-methyl/N-ethyl adjacent to an activating group) is 1. The van der Waals surface area contributed by atoms with E-state index in [9.17, 15) is 0 Å². The summed E-state index contributed by atoms with van der Waals surface area (Å²) in [5, 5.41) is 4.68. The molecule has 1 N–H and O–H groups in total. The molecule has 1 aromatic rings. The number of methoxy groups -OCH3 is 1. The molecule has 1 fully saturated rings. The van der Waals surface area contributed by atoms with Gasteiger partial charge < -0.3 is 14.8 Å². The van der Waals surface area contributed by atoms with Crippen molar-refractivity contribution >= 4 is 23.2 Å². The molecular formula is C15H21Cl2NO2. The molecule has 3 nitrogen and oxygen atoms in total. The fourth-order valence-corrected chi connectivity index (χ4v) is 3.20. The summed E-state index contributed by atoms with van der Waals surface area (Å²) in [5.74, 6) is 0.594. The lowest BCUT2D eigenvalue weighted by Crippen LogP contribution is -2.32. The molecule has 0 aromatic heterocycles. The van der Waals surface area contributed by atoms with Crippen LogP contribution in [0.5, 0.6) is 5.75 Å². The van der Waals surface area contributed by atoms with Gasteiger partial charge in [-0.05, 0) is 37.9 Å². The fraction of sp³-hybridized carbons (Fsp3) is 0.600. The summed E-state index contributed by atoms with van der Waals surface area (Å²) in [6.07, 6.45) is 2.54. The highest BCUT2D eigenvalue weighted by Crippen LogP contribution is 2.38. The van der Waals surface area contributed by atoms with Crippen molar-refractivity contribution in [1.82, 2.24) is 5.32 Å². The molecule has 2 rings (SSSR count). The Kier molecular flexibility index (Phi) is 5.56. The van der Waals surface area contributed by atoms with Crippen molar-refractivity contribution in [2.75, 3.05) is 13.7 Å². The van der Waals surface area contributed by atoms with Gasteiger partial charge >= 0.3 is 0 Å². The van der Waals surface area contributed by atoms with Crippen LogP contribution in [0, 0.1) is 0 Å². The van der Waals surface area contributed by atoms with Crippen LogP contribution in [-0.2, 0) is 4.74 Å². The highest BCUT2D eigenvalue weighted by atomic mass is 35.5. The van der Waals surface area contributed by atoms with Crippen LogP contribution >= 0.6 is 23.2 Å². The maximum absolute atomic E-state index is 6.39. The molecule has 1 aromatic carbocycles. The average molecular weight is 318 g/mol. The normalized spacial score (nSPS) is 23.9. The van der Waals surface area contributed by atoms with E-state index in [-0.39, 0.29) is 12.1 Å². The average Bonchev–Trinajstić information content (AvgIpc) is 2.85. The standard InChI is InChI=1S/C15H21Cl2NO2/c1-4-18-15(13-6-5-9(2)20-13)10-7-12(17)14(19-3)8-11(10)16/h7-9,13,15,18H,4-6H2,1-3H3. The highest BCUT2D eigenvalue weighted by Gasteiger charge is 2.31. The first-order valence-corrected chi connectivity index (χ1v) is 7.74. The molecule has 112 valence electrons. The molecule has 0 aliphatic carbocycles. The predicted octanol–water partition coefficient (Wildman–Crippen LogP) is 4.22. The summed E-state index contributed by atoms with van der Waals surface area (Å²) in [4.78, 5) is 0. The van der Waals surface area contributed by atoms with Crippen molar-refractivity contribution in [3.63, 3.8) is 0 Å². The van der Waals surface area contributed by atoms with Crippen LogP contribution < -0.4 is 10.1 Å². The van der Waals surface area contributed by atoms with E-state index in [1.54, 1.807) is 13.2 Å². The van der Waals surface area contributed by atoms with Crippen molar-refractivity contribution in [2.45, 2.75) is 44.9 Å². The zero-order valence-electron chi connectivity index (χ0n) is 12.1. The molecule has 0 saturated carbocycles. The lowest BCUT2D eigenvalue weighted by atomic mass is 9.98. The van der Waals surface area contributed by atoms with Crippen LogP contribution in [0.1, 0.15) is 38.3 Å². The van der Waals surface area contributed by atoms with E-state index in [1.165, 1.54) is 0 Å². The van der Waals surface area contributed by atoms with E-state index >= 15 is 0 Å². The molecule has 20 heavy (non-hydrogen) atoms. The van der Waals surface area contributed by atoms with Gasteiger partial charge in [0.2, 0.25) is 0 Å². The van der Waals surface area contributed by atoms with Gasteiger partial charge in [-0.2, -0.15) is 0 Å². The van der Waals surface area contributed by atoms with Crippen LogP contribution in [-0.4, -0.2) is 25.9 Å². The van der Waals surface area contributed by atoms with Gasteiger partial charge in [-0.3, -0.25) is 0 Å². The number of nitrogens with one attached hydrogen (secondary N) is 1. The second kappa shape index (κ2) is 6.99. The van der Waals surface area contributed by atoms with E-state index in [0.29, 0.717) is 21.9 Å². The third kappa shape index (κ3) is 3.40. The molecule has 0 spiro atoms. The maximum Gasteiger partial charge on any atom is 0.138 e. The summed E-state index contributed by atoms with van der Waals surface area (Å²) < 4.78 is 11.2. The van der Waals surface area contributed by atoms with Crippen molar-refractivity contribution in [2.24, 2.45) is 0 Å². The maximum atomic E-state index is 6.39. The van der Waals surface area contributed by atoms with Crippen molar-refractivity contribution < 1.29 is 9.47 Å². The molecular weight excluding hydrogens is 297 g/mol. The highest BCUT2D eigenvalue weighted by molar-refractivity contribution is 6.34. The zero-order valence-corrected chi connectivity index (χ0v) is 13.6. The Hall–Kier alpha value is -0.480. The third-order valence-electron chi connectivity index (χ3n) is 3.67. The Morgan fingerprint density at radius 3 is 2.65 bits per heavy atom. The summed E-state index contributed by atoms with van der Waals surface area (Å²) in [6.45, 7) is 5.02. The van der Waals surface area contributed by atoms with Crippen LogP contribution in [0.3, 0.4) is 0 Å². The first-order chi connectivity index (χ1) is 9.56. The molecule has 0 amide bonds. The predicted molar refractivity (Wildman–Crippen MR) is 83.0 cm³/mol. The van der Waals surface area contributed by atoms with Gasteiger partial charge in [0, 0.05) is 11.1 Å². The monoisotopic (exact) mass is 317 g/mol. The number of hydrogen-bond donors (Lipinski definition) is 1. The number of benzene rings is 1. The smallest absolute Gasteiger partial charge is 0.138 e. The van der Waals surface area contributed by atoms with E-state index < -0.39 is 0 Å². The first kappa shape index (κ1) is 15.9. The third-order valence-corrected chi connectivity index (χ3v) is 4.29. The largest absolute Gasteiger partial charge is 0.495 e. The molecule has 5 heteroatoms. The fourth-order valence-electron chi connectivity index (χ4n) is 2.68. The summed E-state index contributed by atoms with van der Waals surface area (Å²) in [7, 11) is 1.58. The van der Waals surface area contributed by atoms with Gasteiger partial charge in [0.25, 0.3) is 0 Å². The van der Waals surface area contributed by atoms with Crippen LogP contribution in [0.2, 0.25) is 10.0 Å². The summed E-state index contributed by atoms with van der Waals surface area (Å²) in [5.41, 5.74) is 0.971. The molecule has 1 aliphatic heterocycles. The Morgan fingerprint density at radius 1 is 1.35 bits per heavy atom. The minimum atomic E-state index is 0.0563. The Bertz CT molecular complexity index is 467. The van der Waals surface area contributed by atoms with E-state index in [1.807, 2.05) is 6.07 Å². The molecule has 1 saturated heterocycles. The van der Waals surface area contributed by atoms with E-state index in [0.717, 1.165) is 24.9 Å². The minimum absolute atomic E-state index is 0.0563. The van der Waals surface area contributed by atoms with Crippen LogP contribution in [0.25, 0.3) is 0 Å². The van der Waals surface area contributed by atoms with Gasteiger partial charge in [0.05, 0.1) is 30.4 Å². The number of ether oxygens (including phenoxy) is 2. The Morgan fingerprint density at radius 2 is 2.10 bits per heavy atom. The van der Waals surface area contributed by atoms with E-state index in [2.05, 4.69) is 19.2 Å². The minimum Gasteiger partial charge on any atom is -0.495 e. The Balaban J connectivity index is 2.31.